The van der Waals surface area contributed by atoms with Gasteiger partial charge in [-0.25, -0.2) is 4.79 Å². The highest BCUT2D eigenvalue weighted by molar-refractivity contribution is 5.83. The molecule has 0 aliphatic rings. The lowest BCUT2D eigenvalue weighted by molar-refractivity contribution is -0.138. The molecule has 7 heteroatoms. The number of para-hydroxylation sites is 2. The summed E-state index contributed by atoms with van der Waals surface area (Å²) in [5.74, 6) is -1.64. The highest BCUT2D eigenvalue weighted by atomic mass is 16.4. The molecule has 0 saturated carbocycles. The van der Waals surface area contributed by atoms with Crippen molar-refractivity contribution in [3.05, 3.63) is 34.7 Å². The van der Waals surface area contributed by atoms with Gasteiger partial charge in [-0.2, -0.15) is 0 Å². The fourth-order valence-electron chi connectivity index (χ4n) is 1.89. The average molecular weight is 263 g/mol. The number of aliphatic carboxylic acids is 1. The van der Waals surface area contributed by atoms with Crippen LogP contribution in [0.1, 0.15) is 0 Å². The van der Waals surface area contributed by atoms with E-state index in [4.69, 9.17) is 5.11 Å². The number of aromatic nitrogens is 2. The predicted octanol–water partition coefficient (Wildman–Crippen LogP) is -0.459. The van der Waals surface area contributed by atoms with Crippen molar-refractivity contribution in [3.8, 4) is 0 Å². The van der Waals surface area contributed by atoms with Crippen LogP contribution in [0.4, 0.5) is 0 Å². The number of nitrogens with zero attached hydrogens (tertiary/aromatic N) is 2. The van der Waals surface area contributed by atoms with E-state index >= 15 is 0 Å². The molecular formula is C12H13N3O4. The first-order valence-corrected chi connectivity index (χ1v) is 5.63. The molecule has 2 rings (SSSR count). The summed E-state index contributed by atoms with van der Waals surface area (Å²) in [4.78, 5) is 33.9. The fourth-order valence-corrected chi connectivity index (χ4v) is 1.89. The van der Waals surface area contributed by atoms with E-state index in [1.165, 1.54) is 9.13 Å². The smallest absolute Gasteiger partial charge is 0.329 e. The molecule has 100 valence electrons. The summed E-state index contributed by atoms with van der Waals surface area (Å²) in [7, 11) is 1.62. The maximum atomic E-state index is 12.0. The minimum Gasteiger partial charge on any atom is -0.480 e. The van der Waals surface area contributed by atoms with Crippen LogP contribution in [-0.2, 0) is 23.2 Å². The maximum Gasteiger partial charge on any atom is 0.329 e. The molecule has 0 fully saturated rings. The Morgan fingerprint density at radius 3 is 2.53 bits per heavy atom. The Kier molecular flexibility index (Phi) is 3.37. The van der Waals surface area contributed by atoms with E-state index in [2.05, 4.69) is 5.32 Å². The minimum absolute atomic E-state index is 0.201. The SMILES string of the molecule is Cn1c(=O)n(CC(=O)NCC(=O)O)c2ccccc21. The first kappa shape index (κ1) is 12.9. The summed E-state index contributed by atoms with van der Waals surface area (Å²) in [5.41, 5.74) is 1.05. The Morgan fingerprint density at radius 1 is 1.26 bits per heavy atom. The quantitative estimate of drug-likeness (QED) is 0.780. The van der Waals surface area contributed by atoms with Crippen molar-refractivity contribution in [2.24, 2.45) is 7.05 Å². The summed E-state index contributed by atoms with van der Waals surface area (Å²) >= 11 is 0. The van der Waals surface area contributed by atoms with Gasteiger partial charge in [0, 0.05) is 7.05 Å². The molecule has 0 saturated heterocycles. The number of carbonyl (C=O) groups excluding carboxylic acids is 1. The molecule has 1 aromatic carbocycles. The van der Waals surface area contributed by atoms with Gasteiger partial charge < -0.3 is 10.4 Å². The first-order chi connectivity index (χ1) is 9.00. The minimum atomic E-state index is -1.13. The van der Waals surface area contributed by atoms with Gasteiger partial charge in [-0.1, -0.05) is 12.1 Å². The zero-order chi connectivity index (χ0) is 14.0. The Balaban J connectivity index is 2.31. The second kappa shape index (κ2) is 4.97. The summed E-state index contributed by atoms with van der Waals surface area (Å²) in [6.07, 6.45) is 0. The van der Waals surface area contributed by atoms with Crippen LogP contribution in [0.15, 0.2) is 29.1 Å². The number of hydrogen-bond donors (Lipinski definition) is 2. The van der Waals surface area contributed by atoms with Crippen molar-refractivity contribution in [1.82, 2.24) is 14.5 Å². The number of benzene rings is 1. The molecule has 0 spiro atoms. The van der Waals surface area contributed by atoms with Gasteiger partial charge in [-0.15, -0.1) is 0 Å². The third kappa shape index (κ3) is 2.49. The third-order valence-electron chi connectivity index (χ3n) is 2.79. The summed E-state index contributed by atoms with van der Waals surface area (Å²) in [5, 5.41) is 10.7. The largest absolute Gasteiger partial charge is 0.480 e. The van der Waals surface area contributed by atoms with Gasteiger partial charge >= 0.3 is 11.7 Å². The number of hydrogen-bond acceptors (Lipinski definition) is 3. The number of fused-ring (bicyclic) bond motifs is 1. The van der Waals surface area contributed by atoms with Gasteiger partial charge in [-0.05, 0) is 12.1 Å². The number of amides is 1. The predicted molar refractivity (Wildman–Crippen MR) is 67.8 cm³/mol. The zero-order valence-corrected chi connectivity index (χ0v) is 10.3. The van der Waals surface area contributed by atoms with Gasteiger partial charge in [0.25, 0.3) is 0 Å². The third-order valence-corrected chi connectivity index (χ3v) is 2.79. The van der Waals surface area contributed by atoms with Gasteiger partial charge in [0.2, 0.25) is 5.91 Å². The van der Waals surface area contributed by atoms with Crippen molar-refractivity contribution in [1.29, 1.82) is 0 Å². The molecule has 0 aliphatic carbocycles. The van der Waals surface area contributed by atoms with Crippen molar-refractivity contribution in [3.63, 3.8) is 0 Å². The maximum absolute atomic E-state index is 12.0. The van der Waals surface area contributed by atoms with Crippen molar-refractivity contribution < 1.29 is 14.7 Å². The number of imidazole rings is 1. The molecule has 1 heterocycles. The summed E-state index contributed by atoms with van der Waals surface area (Å²) < 4.78 is 2.76. The molecule has 0 bridgehead atoms. The molecule has 0 radical (unpaired) electrons. The van der Waals surface area contributed by atoms with E-state index in [9.17, 15) is 14.4 Å². The van der Waals surface area contributed by atoms with Crippen LogP contribution >= 0.6 is 0 Å². The lowest BCUT2D eigenvalue weighted by Crippen LogP contribution is -2.35. The highest BCUT2D eigenvalue weighted by Gasteiger charge is 2.13. The van der Waals surface area contributed by atoms with E-state index in [0.717, 1.165) is 5.52 Å². The second-order valence-corrected chi connectivity index (χ2v) is 4.09. The number of carboxylic acids is 1. The van der Waals surface area contributed by atoms with E-state index in [0.29, 0.717) is 5.52 Å². The van der Waals surface area contributed by atoms with E-state index < -0.39 is 18.4 Å². The molecule has 7 nitrogen and oxygen atoms in total. The zero-order valence-electron chi connectivity index (χ0n) is 10.3. The highest BCUT2D eigenvalue weighted by Crippen LogP contribution is 2.10. The monoisotopic (exact) mass is 263 g/mol. The normalized spacial score (nSPS) is 10.6. The first-order valence-electron chi connectivity index (χ1n) is 5.63. The lowest BCUT2D eigenvalue weighted by atomic mass is 10.3. The Morgan fingerprint density at radius 2 is 1.89 bits per heavy atom. The van der Waals surface area contributed by atoms with Gasteiger partial charge in [0.15, 0.2) is 0 Å². The Hall–Kier alpha value is -2.57. The molecule has 0 atom stereocenters. The standard InChI is InChI=1S/C12H13N3O4/c1-14-8-4-2-3-5-9(8)15(12(14)19)7-10(16)13-6-11(17)18/h2-5H,6-7H2,1H3,(H,13,16)(H,17,18). The molecule has 2 aromatic rings. The average Bonchev–Trinajstić information content (AvgIpc) is 2.62. The lowest BCUT2D eigenvalue weighted by Gasteiger charge is -2.03. The molecule has 1 amide bonds. The Labute approximate surface area is 108 Å². The number of nitrogens with one attached hydrogen (secondary N) is 1. The molecule has 0 unspecified atom stereocenters. The van der Waals surface area contributed by atoms with E-state index in [1.807, 2.05) is 0 Å². The van der Waals surface area contributed by atoms with Crippen molar-refractivity contribution in [2.45, 2.75) is 6.54 Å². The van der Waals surface area contributed by atoms with Crippen molar-refractivity contribution >= 4 is 22.9 Å². The van der Waals surface area contributed by atoms with Crippen LogP contribution in [0.3, 0.4) is 0 Å². The number of aryl methyl sites for hydroxylation is 1. The number of rotatable bonds is 4. The van der Waals surface area contributed by atoms with Crippen LogP contribution in [0.5, 0.6) is 0 Å². The van der Waals surface area contributed by atoms with E-state index in [-0.39, 0.29) is 12.2 Å². The molecular weight excluding hydrogens is 250 g/mol. The Bertz CT molecular complexity index is 699. The number of carbonyl (C=O) groups is 2. The van der Waals surface area contributed by atoms with Crippen LogP contribution in [0, 0.1) is 0 Å². The summed E-state index contributed by atoms with van der Waals surface area (Å²) in [6, 6.07) is 7.09. The molecule has 0 aliphatic heterocycles. The van der Waals surface area contributed by atoms with Gasteiger partial charge in [0.05, 0.1) is 11.0 Å². The fraction of sp³-hybridized carbons (Fsp3) is 0.250. The second-order valence-electron chi connectivity index (χ2n) is 4.09. The summed E-state index contributed by atoms with van der Waals surface area (Å²) in [6.45, 7) is -0.661. The van der Waals surface area contributed by atoms with E-state index in [1.54, 1.807) is 31.3 Å². The van der Waals surface area contributed by atoms with Crippen LogP contribution in [-0.4, -0.2) is 32.7 Å². The topological polar surface area (TPSA) is 93.3 Å². The molecule has 19 heavy (non-hydrogen) atoms. The van der Waals surface area contributed by atoms with Crippen LogP contribution < -0.4 is 11.0 Å². The molecule has 2 N–H and O–H groups in total. The van der Waals surface area contributed by atoms with Gasteiger partial charge in [0.1, 0.15) is 13.1 Å². The van der Waals surface area contributed by atoms with Crippen molar-refractivity contribution in [2.75, 3.05) is 6.54 Å². The number of carboxylic acid groups (broad SMARTS) is 1. The van der Waals surface area contributed by atoms with Gasteiger partial charge in [-0.3, -0.25) is 18.7 Å². The molecule has 1 aromatic heterocycles. The van der Waals surface area contributed by atoms with Crippen LogP contribution in [0.25, 0.3) is 11.0 Å². The van der Waals surface area contributed by atoms with Crippen LogP contribution in [0.2, 0.25) is 0 Å².